The van der Waals surface area contributed by atoms with Crippen molar-refractivity contribution >= 4 is 44.3 Å². The lowest BCUT2D eigenvalue weighted by molar-refractivity contribution is 1.31. The number of anilines is 4. The van der Waals surface area contributed by atoms with Crippen molar-refractivity contribution in [1.82, 2.24) is 0 Å². The Hall–Kier alpha value is -1.66. The van der Waals surface area contributed by atoms with Crippen molar-refractivity contribution in [3.8, 4) is 0 Å². The quantitative estimate of drug-likeness (QED) is 0.511. The lowest BCUT2D eigenvalue weighted by atomic mass is 10.2. The van der Waals surface area contributed by atoms with Gasteiger partial charge in [-0.3, -0.25) is 0 Å². The second-order valence-electron chi connectivity index (χ2n) is 4.66. The molecule has 0 radical (unpaired) electrons. The highest BCUT2D eigenvalue weighted by Gasteiger charge is 2.08. The first kappa shape index (κ1) is 14.7. The summed E-state index contributed by atoms with van der Waals surface area (Å²) >= 11 is 0. The Labute approximate surface area is 126 Å². The van der Waals surface area contributed by atoms with E-state index in [1.165, 1.54) is 0 Å². The van der Waals surface area contributed by atoms with Crippen LogP contribution in [-0.2, 0) is 0 Å². The predicted octanol–water partition coefficient (Wildman–Crippen LogP) is 3.43. The first-order chi connectivity index (χ1) is 9.38. The second kappa shape index (κ2) is 5.76. The van der Waals surface area contributed by atoms with Crippen LogP contribution in [0.15, 0.2) is 34.1 Å². The maximum absolute atomic E-state index is 5.85. The van der Waals surface area contributed by atoms with Gasteiger partial charge in [0.2, 0.25) is 0 Å². The van der Waals surface area contributed by atoms with Gasteiger partial charge >= 0.3 is 0 Å². The number of hydrogen-bond donors (Lipinski definition) is 4. The van der Waals surface area contributed by atoms with Crippen molar-refractivity contribution < 1.29 is 0 Å². The van der Waals surface area contributed by atoms with Crippen LogP contribution in [0.3, 0.4) is 0 Å². The van der Waals surface area contributed by atoms with Gasteiger partial charge in [0.05, 0.1) is 22.7 Å². The van der Waals surface area contributed by atoms with Gasteiger partial charge in [0.25, 0.3) is 0 Å². The van der Waals surface area contributed by atoms with Crippen molar-refractivity contribution in [2.24, 2.45) is 0 Å². The number of benzene rings is 2. The van der Waals surface area contributed by atoms with Crippen molar-refractivity contribution in [3.05, 3.63) is 35.4 Å². The van der Waals surface area contributed by atoms with Gasteiger partial charge in [0.1, 0.15) is 0 Å². The SMILES string of the molecule is Cc1cc(N)c(N)cc1SSc1cc(N)c(N)cc1C. The molecule has 0 aliphatic heterocycles. The number of rotatable bonds is 3. The first-order valence-electron chi connectivity index (χ1n) is 6.04. The molecule has 0 saturated carbocycles. The van der Waals surface area contributed by atoms with Crippen LogP contribution in [0.2, 0.25) is 0 Å². The molecule has 0 unspecified atom stereocenters. The van der Waals surface area contributed by atoms with Crippen molar-refractivity contribution in [2.75, 3.05) is 22.9 Å². The summed E-state index contributed by atoms with van der Waals surface area (Å²) < 4.78 is 0. The molecule has 0 bridgehead atoms. The minimum atomic E-state index is 0.604. The summed E-state index contributed by atoms with van der Waals surface area (Å²) in [5.41, 5.74) is 27.9. The predicted molar refractivity (Wildman–Crippen MR) is 91.7 cm³/mol. The molecule has 0 amide bonds. The molecule has 0 atom stereocenters. The topological polar surface area (TPSA) is 104 Å². The molecular weight excluding hydrogens is 288 g/mol. The van der Waals surface area contributed by atoms with Crippen LogP contribution in [0, 0.1) is 13.8 Å². The van der Waals surface area contributed by atoms with E-state index in [1.54, 1.807) is 21.6 Å². The largest absolute Gasteiger partial charge is 0.397 e. The molecule has 106 valence electrons. The number of aryl methyl sites for hydroxylation is 2. The number of nitrogen functional groups attached to an aromatic ring is 4. The van der Waals surface area contributed by atoms with Crippen LogP contribution in [0.4, 0.5) is 22.7 Å². The van der Waals surface area contributed by atoms with E-state index in [4.69, 9.17) is 22.9 Å². The molecule has 2 rings (SSSR count). The molecule has 20 heavy (non-hydrogen) atoms. The normalized spacial score (nSPS) is 10.7. The third-order valence-corrected chi connectivity index (χ3v) is 5.63. The fourth-order valence-corrected chi connectivity index (χ4v) is 4.25. The van der Waals surface area contributed by atoms with E-state index in [2.05, 4.69) is 0 Å². The minimum Gasteiger partial charge on any atom is -0.397 e. The molecule has 4 nitrogen and oxygen atoms in total. The van der Waals surface area contributed by atoms with E-state index >= 15 is 0 Å². The maximum atomic E-state index is 5.85. The van der Waals surface area contributed by atoms with Crippen molar-refractivity contribution in [3.63, 3.8) is 0 Å². The van der Waals surface area contributed by atoms with Gasteiger partial charge in [0.15, 0.2) is 0 Å². The molecule has 0 fully saturated rings. The van der Waals surface area contributed by atoms with Crippen molar-refractivity contribution in [2.45, 2.75) is 23.6 Å². The highest BCUT2D eigenvalue weighted by atomic mass is 33.1. The zero-order valence-corrected chi connectivity index (χ0v) is 13.1. The van der Waals surface area contributed by atoms with Crippen LogP contribution >= 0.6 is 21.6 Å². The third kappa shape index (κ3) is 3.08. The Morgan fingerprint density at radius 1 is 0.600 bits per heavy atom. The number of hydrogen-bond acceptors (Lipinski definition) is 6. The number of nitrogens with two attached hydrogens (primary N) is 4. The summed E-state index contributed by atoms with van der Waals surface area (Å²) in [4.78, 5) is 2.19. The summed E-state index contributed by atoms with van der Waals surface area (Å²) in [5, 5.41) is 0. The molecule has 0 heterocycles. The minimum absolute atomic E-state index is 0.604. The Morgan fingerprint density at radius 2 is 0.900 bits per heavy atom. The lowest BCUT2D eigenvalue weighted by Crippen LogP contribution is -1.96. The Kier molecular flexibility index (Phi) is 4.25. The first-order valence-corrected chi connectivity index (χ1v) is 8.19. The van der Waals surface area contributed by atoms with Crippen LogP contribution in [0.25, 0.3) is 0 Å². The molecule has 8 N–H and O–H groups in total. The Morgan fingerprint density at radius 3 is 1.25 bits per heavy atom. The molecule has 0 aromatic heterocycles. The smallest absolute Gasteiger partial charge is 0.0559 e. The Balaban J connectivity index is 2.21. The van der Waals surface area contributed by atoms with Crippen LogP contribution in [-0.4, -0.2) is 0 Å². The molecule has 2 aromatic rings. The standard InChI is InChI=1S/C14H18N4S2/c1-7-3-9(15)11(17)5-13(7)19-20-14-6-12(18)10(16)4-8(14)2/h3-6H,15-18H2,1-2H3. The van der Waals surface area contributed by atoms with Crippen LogP contribution < -0.4 is 22.9 Å². The second-order valence-corrected chi connectivity index (χ2v) is 6.87. The van der Waals surface area contributed by atoms with Crippen molar-refractivity contribution in [1.29, 1.82) is 0 Å². The van der Waals surface area contributed by atoms with E-state index in [0.29, 0.717) is 22.7 Å². The van der Waals surface area contributed by atoms with E-state index in [9.17, 15) is 0 Å². The van der Waals surface area contributed by atoms with Gasteiger partial charge < -0.3 is 22.9 Å². The van der Waals surface area contributed by atoms with Gasteiger partial charge in [-0.1, -0.05) is 21.6 Å². The van der Waals surface area contributed by atoms with Gasteiger partial charge in [-0.15, -0.1) is 0 Å². The van der Waals surface area contributed by atoms with E-state index < -0.39 is 0 Å². The molecule has 6 heteroatoms. The summed E-state index contributed by atoms with van der Waals surface area (Å²) in [7, 11) is 3.27. The van der Waals surface area contributed by atoms with E-state index in [0.717, 1.165) is 20.9 Å². The molecule has 0 spiro atoms. The highest BCUT2D eigenvalue weighted by Crippen LogP contribution is 2.43. The van der Waals surface area contributed by atoms with Gasteiger partial charge in [0, 0.05) is 9.79 Å². The lowest BCUT2D eigenvalue weighted by Gasteiger charge is -2.11. The van der Waals surface area contributed by atoms with Crippen LogP contribution in [0.5, 0.6) is 0 Å². The molecule has 0 aliphatic carbocycles. The average Bonchev–Trinajstić information content (AvgIpc) is 2.37. The molecular formula is C14H18N4S2. The summed E-state index contributed by atoms with van der Waals surface area (Å²) in [6.45, 7) is 4.03. The molecule has 0 saturated heterocycles. The van der Waals surface area contributed by atoms with Gasteiger partial charge in [-0.25, -0.2) is 0 Å². The Bertz CT molecular complexity index is 599. The fourth-order valence-electron chi connectivity index (χ4n) is 1.72. The van der Waals surface area contributed by atoms with Gasteiger partial charge in [-0.05, 0) is 49.2 Å². The van der Waals surface area contributed by atoms with E-state index in [-0.39, 0.29) is 0 Å². The monoisotopic (exact) mass is 306 g/mol. The maximum Gasteiger partial charge on any atom is 0.0559 e. The zero-order valence-electron chi connectivity index (χ0n) is 11.4. The fraction of sp³-hybridized carbons (Fsp3) is 0.143. The third-order valence-electron chi connectivity index (χ3n) is 2.98. The summed E-state index contributed by atoms with van der Waals surface area (Å²) in [6, 6.07) is 7.58. The van der Waals surface area contributed by atoms with Gasteiger partial charge in [-0.2, -0.15) is 0 Å². The summed E-state index contributed by atoms with van der Waals surface area (Å²) in [5.74, 6) is 0. The molecule has 0 aliphatic rings. The van der Waals surface area contributed by atoms with E-state index in [1.807, 2.05) is 38.1 Å². The average molecular weight is 306 g/mol. The summed E-state index contributed by atoms with van der Waals surface area (Å²) in [6.07, 6.45) is 0. The highest BCUT2D eigenvalue weighted by molar-refractivity contribution is 8.76. The zero-order chi connectivity index (χ0) is 14.9. The molecule has 2 aromatic carbocycles. The van der Waals surface area contributed by atoms with Crippen LogP contribution in [0.1, 0.15) is 11.1 Å².